The van der Waals surface area contributed by atoms with Crippen molar-refractivity contribution in [1.29, 1.82) is 0 Å². The van der Waals surface area contributed by atoms with Crippen LogP contribution in [0.2, 0.25) is 0 Å². The van der Waals surface area contributed by atoms with Crippen LogP contribution in [0.4, 0.5) is 5.69 Å². The first-order valence-electron chi connectivity index (χ1n) is 9.03. The Labute approximate surface area is 173 Å². The Balaban J connectivity index is 2.04. The van der Waals surface area contributed by atoms with E-state index in [1.807, 2.05) is 0 Å². The van der Waals surface area contributed by atoms with Crippen LogP contribution in [0.15, 0.2) is 36.4 Å². The third-order valence-electron chi connectivity index (χ3n) is 3.97. The second-order valence-corrected chi connectivity index (χ2v) is 5.90. The molecule has 0 radical (unpaired) electrons. The van der Waals surface area contributed by atoms with Gasteiger partial charge in [-0.2, -0.15) is 0 Å². The van der Waals surface area contributed by atoms with Crippen LogP contribution in [0.1, 0.15) is 10.4 Å². The second-order valence-electron chi connectivity index (χ2n) is 5.90. The quantitative estimate of drug-likeness (QED) is 0.316. The van der Waals surface area contributed by atoms with Gasteiger partial charge in [-0.1, -0.05) is 6.07 Å². The number of ether oxygens (including phenoxy) is 5. The Kier molecular flexibility index (Phi) is 8.70. The van der Waals surface area contributed by atoms with E-state index in [0.29, 0.717) is 18.1 Å². The molecule has 0 atom stereocenters. The molecule has 0 saturated carbocycles. The molecular formula is C20H24N2O8. The fraction of sp³-hybridized carbons (Fsp3) is 0.350. The summed E-state index contributed by atoms with van der Waals surface area (Å²) in [5.41, 5.74) is -0.535. The molecule has 0 aromatic heterocycles. The average molecular weight is 420 g/mol. The highest BCUT2D eigenvalue weighted by atomic mass is 16.6. The molecule has 0 spiro atoms. The zero-order chi connectivity index (χ0) is 21.9. The smallest absolute Gasteiger partial charge is 0.286 e. The summed E-state index contributed by atoms with van der Waals surface area (Å²) >= 11 is 0. The van der Waals surface area contributed by atoms with Gasteiger partial charge in [-0.25, -0.2) is 0 Å². The molecule has 1 amide bonds. The molecule has 0 saturated heterocycles. The summed E-state index contributed by atoms with van der Waals surface area (Å²) in [6.45, 7) is 0.785. The second kappa shape index (κ2) is 11.5. The number of nitrogens with zero attached hydrogens (tertiary/aromatic N) is 1. The van der Waals surface area contributed by atoms with Gasteiger partial charge in [0, 0.05) is 19.2 Å². The summed E-state index contributed by atoms with van der Waals surface area (Å²) in [6, 6.07) is 9.46. The van der Waals surface area contributed by atoms with Crippen LogP contribution >= 0.6 is 0 Å². The van der Waals surface area contributed by atoms with Gasteiger partial charge in [-0.15, -0.1) is 0 Å². The number of amides is 1. The summed E-state index contributed by atoms with van der Waals surface area (Å²) < 4.78 is 26.2. The van der Waals surface area contributed by atoms with Crippen molar-refractivity contribution in [3.05, 3.63) is 52.1 Å². The Morgan fingerprint density at radius 2 is 1.73 bits per heavy atom. The molecule has 0 bridgehead atoms. The average Bonchev–Trinajstić information content (AvgIpc) is 2.76. The first kappa shape index (κ1) is 22.8. The van der Waals surface area contributed by atoms with E-state index in [-0.39, 0.29) is 36.8 Å². The molecule has 162 valence electrons. The lowest BCUT2D eigenvalue weighted by Gasteiger charge is -2.13. The van der Waals surface area contributed by atoms with Crippen LogP contribution in [0.25, 0.3) is 0 Å². The van der Waals surface area contributed by atoms with Crippen molar-refractivity contribution in [2.24, 2.45) is 0 Å². The SMILES string of the molecule is COCCOc1cc([N+](=O)[O-])c(C(=O)NCCOc2cccc(OC)c2)cc1OC. The van der Waals surface area contributed by atoms with E-state index in [1.54, 1.807) is 31.4 Å². The highest BCUT2D eigenvalue weighted by Gasteiger charge is 2.24. The van der Waals surface area contributed by atoms with Gasteiger partial charge in [0.25, 0.3) is 11.6 Å². The van der Waals surface area contributed by atoms with Crippen molar-refractivity contribution in [2.75, 3.05) is 47.7 Å². The minimum absolute atomic E-state index is 0.140. The number of nitro groups is 1. The molecule has 0 aliphatic carbocycles. The number of carbonyl (C=O) groups excluding carboxylic acids is 1. The fourth-order valence-corrected chi connectivity index (χ4v) is 2.51. The number of methoxy groups -OCH3 is 3. The van der Waals surface area contributed by atoms with Crippen molar-refractivity contribution in [1.82, 2.24) is 5.32 Å². The maximum absolute atomic E-state index is 12.5. The van der Waals surface area contributed by atoms with Crippen molar-refractivity contribution >= 4 is 11.6 Å². The Hall–Kier alpha value is -3.53. The molecule has 2 rings (SSSR count). The molecule has 0 unspecified atom stereocenters. The van der Waals surface area contributed by atoms with Crippen LogP contribution in [0, 0.1) is 10.1 Å². The van der Waals surface area contributed by atoms with Crippen molar-refractivity contribution < 1.29 is 33.4 Å². The van der Waals surface area contributed by atoms with Crippen LogP contribution < -0.4 is 24.3 Å². The molecule has 0 aliphatic heterocycles. The van der Waals surface area contributed by atoms with E-state index in [0.717, 1.165) is 6.07 Å². The summed E-state index contributed by atoms with van der Waals surface area (Å²) in [5.74, 6) is 0.951. The third-order valence-corrected chi connectivity index (χ3v) is 3.97. The van der Waals surface area contributed by atoms with E-state index in [4.69, 9.17) is 23.7 Å². The molecule has 1 N–H and O–H groups in total. The first-order chi connectivity index (χ1) is 14.5. The zero-order valence-electron chi connectivity index (χ0n) is 17.0. The number of benzene rings is 2. The number of carbonyl (C=O) groups is 1. The topological polar surface area (TPSA) is 118 Å². The number of hydrogen-bond acceptors (Lipinski definition) is 8. The predicted octanol–water partition coefficient (Wildman–Crippen LogP) is 2.45. The number of nitrogens with one attached hydrogen (secondary N) is 1. The summed E-state index contributed by atoms with van der Waals surface area (Å²) in [6.07, 6.45) is 0. The Morgan fingerprint density at radius 1 is 0.967 bits per heavy atom. The molecule has 2 aromatic carbocycles. The highest BCUT2D eigenvalue weighted by molar-refractivity contribution is 5.99. The van der Waals surface area contributed by atoms with Gasteiger partial charge in [0.05, 0.1) is 38.4 Å². The van der Waals surface area contributed by atoms with Gasteiger partial charge < -0.3 is 29.0 Å². The Morgan fingerprint density at radius 3 is 2.40 bits per heavy atom. The van der Waals surface area contributed by atoms with E-state index in [2.05, 4.69) is 5.32 Å². The van der Waals surface area contributed by atoms with Crippen LogP contribution in [0.5, 0.6) is 23.0 Å². The van der Waals surface area contributed by atoms with Crippen LogP contribution in [-0.4, -0.2) is 58.5 Å². The lowest BCUT2D eigenvalue weighted by molar-refractivity contribution is -0.385. The molecule has 0 fully saturated rings. The minimum Gasteiger partial charge on any atom is -0.497 e. The third kappa shape index (κ3) is 6.24. The van der Waals surface area contributed by atoms with Crippen molar-refractivity contribution in [3.63, 3.8) is 0 Å². The lowest BCUT2D eigenvalue weighted by atomic mass is 10.1. The lowest BCUT2D eigenvalue weighted by Crippen LogP contribution is -2.28. The van der Waals surface area contributed by atoms with Gasteiger partial charge >= 0.3 is 0 Å². The minimum atomic E-state index is -0.649. The normalized spacial score (nSPS) is 10.2. The molecule has 0 aliphatic rings. The van der Waals surface area contributed by atoms with Gasteiger partial charge in [-0.05, 0) is 12.1 Å². The van der Waals surface area contributed by atoms with E-state index in [9.17, 15) is 14.9 Å². The fourth-order valence-electron chi connectivity index (χ4n) is 2.51. The summed E-state index contributed by atoms with van der Waals surface area (Å²) in [4.78, 5) is 23.3. The van der Waals surface area contributed by atoms with Gasteiger partial charge in [0.2, 0.25) is 0 Å². The van der Waals surface area contributed by atoms with Gasteiger partial charge in [0.15, 0.2) is 11.5 Å². The zero-order valence-corrected chi connectivity index (χ0v) is 17.0. The largest absolute Gasteiger partial charge is 0.497 e. The van der Waals surface area contributed by atoms with E-state index in [1.165, 1.54) is 20.3 Å². The van der Waals surface area contributed by atoms with Crippen LogP contribution in [0.3, 0.4) is 0 Å². The molecule has 10 heteroatoms. The van der Waals surface area contributed by atoms with Crippen molar-refractivity contribution in [3.8, 4) is 23.0 Å². The molecule has 2 aromatic rings. The predicted molar refractivity (Wildman–Crippen MR) is 108 cm³/mol. The molecular weight excluding hydrogens is 396 g/mol. The van der Waals surface area contributed by atoms with Gasteiger partial charge in [-0.3, -0.25) is 14.9 Å². The standard InChI is InChI=1S/C20H24N2O8/c1-26-9-10-30-19-13-17(22(24)25)16(12-18(19)28-3)20(23)21-7-8-29-15-6-4-5-14(11-15)27-2/h4-6,11-13H,7-10H2,1-3H3,(H,21,23). The number of nitro benzene ring substituents is 1. The van der Waals surface area contributed by atoms with Crippen molar-refractivity contribution in [2.45, 2.75) is 0 Å². The maximum Gasteiger partial charge on any atom is 0.286 e. The van der Waals surface area contributed by atoms with Gasteiger partial charge in [0.1, 0.15) is 30.3 Å². The van der Waals surface area contributed by atoms with E-state index < -0.39 is 16.5 Å². The highest BCUT2D eigenvalue weighted by Crippen LogP contribution is 2.34. The summed E-state index contributed by atoms with van der Waals surface area (Å²) in [5, 5.41) is 14.1. The Bertz CT molecular complexity index is 872. The number of hydrogen-bond donors (Lipinski definition) is 1. The number of rotatable bonds is 12. The van der Waals surface area contributed by atoms with E-state index >= 15 is 0 Å². The first-order valence-corrected chi connectivity index (χ1v) is 9.03. The molecule has 30 heavy (non-hydrogen) atoms. The monoisotopic (exact) mass is 420 g/mol. The van der Waals surface area contributed by atoms with Crippen LogP contribution in [-0.2, 0) is 4.74 Å². The molecule has 0 heterocycles. The summed E-state index contributed by atoms with van der Waals surface area (Å²) in [7, 11) is 4.44. The maximum atomic E-state index is 12.5. The molecule has 10 nitrogen and oxygen atoms in total.